The van der Waals surface area contributed by atoms with Gasteiger partial charge in [-0.05, 0) is 37.7 Å². The fourth-order valence-corrected chi connectivity index (χ4v) is 1.38. The predicted molar refractivity (Wildman–Crippen MR) is 61.3 cm³/mol. The van der Waals surface area contributed by atoms with Crippen LogP contribution in [0.2, 0.25) is 0 Å². The molecule has 0 aliphatic rings. The number of aryl methyl sites for hydroxylation is 1. The Kier molecular flexibility index (Phi) is 4.46. The SMILES string of the molecule is CNC(=S)NC(C)CCc1ccco1. The Morgan fingerprint density at radius 3 is 3.00 bits per heavy atom. The van der Waals surface area contributed by atoms with E-state index < -0.39 is 0 Å². The molecule has 0 aliphatic carbocycles. The van der Waals surface area contributed by atoms with E-state index in [1.165, 1.54) is 0 Å². The molecule has 0 radical (unpaired) electrons. The zero-order valence-electron chi connectivity index (χ0n) is 8.54. The Morgan fingerprint density at radius 1 is 1.64 bits per heavy atom. The van der Waals surface area contributed by atoms with E-state index in [0.29, 0.717) is 11.2 Å². The first-order chi connectivity index (χ1) is 6.72. The predicted octanol–water partition coefficient (Wildman–Crippen LogP) is 1.69. The minimum atomic E-state index is 0.361. The molecule has 0 saturated heterocycles. The van der Waals surface area contributed by atoms with Crippen LogP contribution in [0.25, 0.3) is 0 Å². The van der Waals surface area contributed by atoms with Gasteiger partial charge < -0.3 is 15.1 Å². The van der Waals surface area contributed by atoms with Crippen LogP contribution in [0, 0.1) is 0 Å². The highest BCUT2D eigenvalue weighted by Gasteiger charge is 2.04. The summed E-state index contributed by atoms with van der Waals surface area (Å²) in [6.45, 7) is 2.10. The lowest BCUT2D eigenvalue weighted by Gasteiger charge is -2.14. The van der Waals surface area contributed by atoms with Gasteiger partial charge in [-0.1, -0.05) is 0 Å². The zero-order chi connectivity index (χ0) is 10.4. The quantitative estimate of drug-likeness (QED) is 0.745. The lowest BCUT2D eigenvalue weighted by Crippen LogP contribution is -2.38. The molecule has 1 aromatic heterocycles. The average Bonchev–Trinajstić information content (AvgIpc) is 2.67. The Labute approximate surface area is 89.9 Å². The molecule has 1 atom stereocenters. The molecule has 2 N–H and O–H groups in total. The van der Waals surface area contributed by atoms with Gasteiger partial charge in [-0.3, -0.25) is 0 Å². The topological polar surface area (TPSA) is 37.2 Å². The van der Waals surface area contributed by atoms with E-state index in [0.717, 1.165) is 18.6 Å². The minimum absolute atomic E-state index is 0.361. The third-order valence-corrected chi connectivity index (χ3v) is 2.33. The summed E-state index contributed by atoms with van der Waals surface area (Å²) < 4.78 is 5.24. The molecule has 0 bridgehead atoms. The molecule has 0 fully saturated rings. The van der Waals surface area contributed by atoms with Gasteiger partial charge in [-0.2, -0.15) is 0 Å². The summed E-state index contributed by atoms with van der Waals surface area (Å²) in [5.41, 5.74) is 0. The number of hydrogen-bond acceptors (Lipinski definition) is 2. The molecule has 14 heavy (non-hydrogen) atoms. The third kappa shape index (κ3) is 3.79. The highest BCUT2D eigenvalue weighted by molar-refractivity contribution is 7.80. The summed E-state index contributed by atoms with van der Waals surface area (Å²) in [5, 5.41) is 6.75. The molecule has 3 nitrogen and oxygen atoms in total. The lowest BCUT2D eigenvalue weighted by molar-refractivity contribution is 0.483. The second-order valence-electron chi connectivity index (χ2n) is 3.24. The van der Waals surface area contributed by atoms with Crippen LogP contribution in [0.1, 0.15) is 19.1 Å². The van der Waals surface area contributed by atoms with Crippen LogP contribution in [0.15, 0.2) is 22.8 Å². The number of hydrogen-bond donors (Lipinski definition) is 2. The van der Waals surface area contributed by atoms with Crippen molar-refractivity contribution in [2.75, 3.05) is 7.05 Å². The lowest BCUT2D eigenvalue weighted by atomic mass is 10.1. The minimum Gasteiger partial charge on any atom is -0.469 e. The number of rotatable bonds is 4. The van der Waals surface area contributed by atoms with Crippen LogP contribution in [0.3, 0.4) is 0 Å². The molecule has 0 amide bonds. The summed E-state index contributed by atoms with van der Waals surface area (Å²) in [5.74, 6) is 1.02. The van der Waals surface area contributed by atoms with Gasteiger partial charge in [0, 0.05) is 19.5 Å². The van der Waals surface area contributed by atoms with Crippen LogP contribution in [-0.2, 0) is 6.42 Å². The molecule has 4 heteroatoms. The number of nitrogens with one attached hydrogen (secondary N) is 2. The fourth-order valence-electron chi connectivity index (χ4n) is 1.18. The summed E-state index contributed by atoms with van der Waals surface area (Å²) in [7, 11) is 1.81. The van der Waals surface area contributed by atoms with Crippen molar-refractivity contribution in [2.45, 2.75) is 25.8 Å². The normalized spacial score (nSPS) is 12.1. The molecule has 1 rings (SSSR count). The van der Waals surface area contributed by atoms with E-state index in [-0.39, 0.29) is 0 Å². The molecule has 1 heterocycles. The molecule has 0 aromatic carbocycles. The van der Waals surface area contributed by atoms with E-state index in [4.69, 9.17) is 16.6 Å². The van der Waals surface area contributed by atoms with Crippen molar-refractivity contribution in [1.29, 1.82) is 0 Å². The first kappa shape index (κ1) is 11.0. The van der Waals surface area contributed by atoms with Crippen LogP contribution >= 0.6 is 12.2 Å². The van der Waals surface area contributed by atoms with E-state index in [2.05, 4.69) is 17.6 Å². The molecular weight excluding hydrogens is 196 g/mol. The van der Waals surface area contributed by atoms with Gasteiger partial charge in [0.15, 0.2) is 5.11 Å². The van der Waals surface area contributed by atoms with Crippen molar-refractivity contribution in [1.82, 2.24) is 10.6 Å². The summed E-state index contributed by atoms with van der Waals surface area (Å²) in [6.07, 6.45) is 3.65. The maximum absolute atomic E-state index is 5.24. The second kappa shape index (κ2) is 5.65. The highest BCUT2D eigenvalue weighted by Crippen LogP contribution is 2.05. The molecule has 78 valence electrons. The summed E-state index contributed by atoms with van der Waals surface area (Å²) in [4.78, 5) is 0. The molecule has 0 saturated carbocycles. The van der Waals surface area contributed by atoms with Crippen LogP contribution in [-0.4, -0.2) is 18.2 Å². The zero-order valence-corrected chi connectivity index (χ0v) is 9.36. The standard InChI is InChI=1S/C10H16N2OS/c1-8(12-10(14)11-2)5-6-9-4-3-7-13-9/h3-4,7-8H,5-6H2,1-2H3,(H2,11,12,14). The summed E-state index contributed by atoms with van der Waals surface area (Å²) in [6, 6.07) is 4.26. The molecule has 0 aliphatic heterocycles. The Balaban J connectivity index is 2.21. The molecule has 1 unspecified atom stereocenters. The van der Waals surface area contributed by atoms with Crippen LogP contribution in [0.4, 0.5) is 0 Å². The van der Waals surface area contributed by atoms with Crippen molar-refractivity contribution in [3.8, 4) is 0 Å². The van der Waals surface area contributed by atoms with Crippen molar-refractivity contribution < 1.29 is 4.42 Å². The van der Waals surface area contributed by atoms with Crippen LogP contribution < -0.4 is 10.6 Å². The maximum atomic E-state index is 5.24. The monoisotopic (exact) mass is 212 g/mol. The molecular formula is C10H16N2OS. The van der Waals surface area contributed by atoms with E-state index in [9.17, 15) is 0 Å². The van der Waals surface area contributed by atoms with Gasteiger partial charge in [-0.25, -0.2) is 0 Å². The maximum Gasteiger partial charge on any atom is 0.166 e. The average molecular weight is 212 g/mol. The van der Waals surface area contributed by atoms with Gasteiger partial charge in [-0.15, -0.1) is 0 Å². The summed E-state index contributed by atoms with van der Waals surface area (Å²) >= 11 is 5.00. The van der Waals surface area contributed by atoms with E-state index in [1.807, 2.05) is 19.2 Å². The van der Waals surface area contributed by atoms with Crippen molar-refractivity contribution >= 4 is 17.3 Å². The number of furan rings is 1. The van der Waals surface area contributed by atoms with Crippen LogP contribution in [0.5, 0.6) is 0 Å². The van der Waals surface area contributed by atoms with Crippen molar-refractivity contribution in [2.24, 2.45) is 0 Å². The Hall–Kier alpha value is -1.03. The fraction of sp³-hybridized carbons (Fsp3) is 0.500. The first-order valence-corrected chi connectivity index (χ1v) is 5.14. The van der Waals surface area contributed by atoms with Gasteiger partial charge >= 0.3 is 0 Å². The second-order valence-corrected chi connectivity index (χ2v) is 3.65. The highest BCUT2D eigenvalue weighted by atomic mass is 32.1. The van der Waals surface area contributed by atoms with E-state index >= 15 is 0 Å². The van der Waals surface area contributed by atoms with Gasteiger partial charge in [0.25, 0.3) is 0 Å². The smallest absolute Gasteiger partial charge is 0.166 e. The van der Waals surface area contributed by atoms with Gasteiger partial charge in [0.2, 0.25) is 0 Å². The van der Waals surface area contributed by atoms with Crippen molar-refractivity contribution in [3.05, 3.63) is 24.2 Å². The largest absolute Gasteiger partial charge is 0.469 e. The first-order valence-electron chi connectivity index (χ1n) is 4.73. The molecule has 0 spiro atoms. The van der Waals surface area contributed by atoms with Gasteiger partial charge in [0.05, 0.1) is 6.26 Å². The molecule has 1 aromatic rings. The number of thiocarbonyl (C=S) groups is 1. The van der Waals surface area contributed by atoms with E-state index in [1.54, 1.807) is 6.26 Å². The Morgan fingerprint density at radius 2 is 2.43 bits per heavy atom. The third-order valence-electron chi connectivity index (χ3n) is 2.01. The Bertz CT molecular complexity index is 272. The van der Waals surface area contributed by atoms with Gasteiger partial charge in [0.1, 0.15) is 5.76 Å². The van der Waals surface area contributed by atoms with Crippen molar-refractivity contribution in [3.63, 3.8) is 0 Å².